The summed E-state index contributed by atoms with van der Waals surface area (Å²) in [4.78, 5) is 16.1. The Morgan fingerprint density at radius 3 is 2.53 bits per heavy atom. The molecule has 2 unspecified atom stereocenters. The summed E-state index contributed by atoms with van der Waals surface area (Å²) < 4.78 is 0. The minimum Gasteiger partial charge on any atom is -0.391 e. The zero-order chi connectivity index (χ0) is 14.4. The molecular weight excluding hydrogens is 240 g/mol. The maximum Gasteiger partial charge on any atom is 0.252 e. The highest BCUT2D eigenvalue weighted by molar-refractivity contribution is 5.93. The highest BCUT2D eigenvalue weighted by Crippen LogP contribution is 2.11. The number of carbonyl (C=O) groups excluding carboxylic acids is 1. The fourth-order valence-electron chi connectivity index (χ4n) is 1.65. The first kappa shape index (κ1) is 15.6. The van der Waals surface area contributed by atoms with Crippen LogP contribution < -0.4 is 5.32 Å². The molecule has 0 saturated heterocycles. The van der Waals surface area contributed by atoms with Crippen molar-refractivity contribution in [1.29, 1.82) is 0 Å². The molecule has 2 atom stereocenters. The first-order valence-corrected chi connectivity index (χ1v) is 6.87. The number of aliphatic hydroxyl groups is 1. The van der Waals surface area contributed by atoms with Gasteiger partial charge in [-0.1, -0.05) is 34.1 Å². The van der Waals surface area contributed by atoms with Gasteiger partial charge in [-0.3, -0.25) is 9.78 Å². The number of hydrogen-bond acceptors (Lipinski definition) is 3. The molecule has 0 aliphatic rings. The molecule has 0 aliphatic carbocycles. The summed E-state index contributed by atoms with van der Waals surface area (Å²) >= 11 is 0. The van der Waals surface area contributed by atoms with Crippen LogP contribution in [0.25, 0.3) is 0 Å². The third-order valence-corrected chi connectivity index (χ3v) is 3.41. The monoisotopic (exact) mass is 264 g/mol. The van der Waals surface area contributed by atoms with Crippen molar-refractivity contribution in [1.82, 2.24) is 10.3 Å². The summed E-state index contributed by atoms with van der Waals surface area (Å²) in [6.07, 6.45) is 1.97. The number of nitrogens with zero attached hydrogens (tertiary/aromatic N) is 1. The lowest BCUT2D eigenvalue weighted by Crippen LogP contribution is -2.35. The molecular formula is C15H24N2O2. The van der Waals surface area contributed by atoms with Gasteiger partial charge < -0.3 is 10.4 Å². The van der Waals surface area contributed by atoms with Crippen LogP contribution in [-0.2, 0) is 0 Å². The molecule has 1 aromatic heterocycles. The largest absolute Gasteiger partial charge is 0.391 e. The molecule has 106 valence electrons. The molecule has 1 heterocycles. The lowest BCUT2D eigenvalue weighted by molar-refractivity contribution is 0.0850. The van der Waals surface area contributed by atoms with Crippen molar-refractivity contribution >= 4 is 5.91 Å². The molecule has 4 heteroatoms. The summed E-state index contributed by atoms with van der Waals surface area (Å²) in [7, 11) is 0. The van der Waals surface area contributed by atoms with E-state index in [1.165, 1.54) is 0 Å². The molecule has 0 bridgehead atoms. The van der Waals surface area contributed by atoms with Gasteiger partial charge in [-0.25, -0.2) is 0 Å². The van der Waals surface area contributed by atoms with Crippen molar-refractivity contribution in [3.63, 3.8) is 0 Å². The summed E-state index contributed by atoms with van der Waals surface area (Å²) in [5, 5.41) is 12.5. The normalized spacial score (nSPS) is 14.2. The van der Waals surface area contributed by atoms with Crippen molar-refractivity contribution in [2.24, 2.45) is 5.92 Å². The lowest BCUT2D eigenvalue weighted by Gasteiger charge is -2.17. The molecule has 19 heavy (non-hydrogen) atoms. The molecule has 2 N–H and O–H groups in total. The molecule has 4 nitrogen and oxygen atoms in total. The van der Waals surface area contributed by atoms with Crippen molar-refractivity contribution in [3.8, 4) is 0 Å². The van der Waals surface area contributed by atoms with Gasteiger partial charge in [0.1, 0.15) is 0 Å². The molecule has 0 radical (unpaired) electrons. The maximum atomic E-state index is 11.9. The van der Waals surface area contributed by atoms with Crippen molar-refractivity contribution < 1.29 is 9.90 Å². The highest BCUT2D eigenvalue weighted by Gasteiger charge is 2.14. The molecule has 1 rings (SSSR count). The van der Waals surface area contributed by atoms with Gasteiger partial charge in [0, 0.05) is 18.4 Å². The van der Waals surface area contributed by atoms with Gasteiger partial charge in [0.05, 0.1) is 11.7 Å². The quantitative estimate of drug-likeness (QED) is 0.829. The number of carbonyl (C=O) groups is 1. The smallest absolute Gasteiger partial charge is 0.252 e. The Kier molecular flexibility index (Phi) is 5.96. The number of nitrogens with one attached hydrogen (secondary N) is 1. The van der Waals surface area contributed by atoms with E-state index in [-0.39, 0.29) is 18.4 Å². The molecule has 1 aromatic rings. The molecule has 0 aromatic carbocycles. The van der Waals surface area contributed by atoms with E-state index >= 15 is 0 Å². The first-order chi connectivity index (χ1) is 8.95. The van der Waals surface area contributed by atoms with Gasteiger partial charge in [0.15, 0.2) is 0 Å². The number of rotatable bonds is 6. The fourth-order valence-corrected chi connectivity index (χ4v) is 1.65. The van der Waals surface area contributed by atoms with Crippen LogP contribution in [0.5, 0.6) is 0 Å². The number of aromatic nitrogens is 1. The predicted octanol–water partition coefficient (Wildman–Crippen LogP) is 2.34. The van der Waals surface area contributed by atoms with Crippen LogP contribution in [-0.4, -0.2) is 28.6 Å². The number of hydrogen-bond donors (Lipinski definition) is 2. The van der Waals surface area contributed by atoms with Crippen LogP contribution in [0.2, 0.25) is 0 Å². The molecule has 0 saturated carbocycles. The van der Waals surface area contributed by atoms with Crippen LogP contribution >= 0.6 is 0 Å². The predicted molar refractivity (Wildman–Crippen MR) is 76.1 cm³/mol. The van der Waals surface area contributed by atoms with Gasteiger partial charge in [-0.05, 0) is 24.0 Å². The minimum absolute atomic E-state index is 0.182. The molecule has 0 spiro atoms. The average Bonchev–Trinajstić information content (AvgIpc) is 2.43. The van der Waals surface area contributed by atoms with Gasteiger partial charge >= 0.3 is 0 Å². The third kappa shape index (κ3) is 4.63. The molecule has 1 amide bonds. The standard InChI is InChI=1S/C15H24N2O2/c1-5-11(4)14(18)9-17-15(19)12-6-7-13(10(2)3)16-8-12/h6-8,10-11,14,18H,5,9H2,1-4H3,(H,17,19). The average molecular weight is 264 g/mol. The number of amides is 1. The second-order valence-corrected chi connectivity index (χ2v) is 5.29. The van der Waals surface area contributed by atoms with E-state index in [2.05, 4.69) is 24.1 Å². The van der Waals surface area contributed by atoms with Crippen molar-refractivity contribution in [3.05, 3.63) is 29.6 Å². The minimum atomic E-state index is -0.503. The van der Waals surface area contributed by atoms with E-state index in [4.69, 9.17) is 0 Å². The van der Waals surface area contributed by atoms with E-state index in [9.17, 15) is 9.90 Å². The van der Waals surface area contributed by atoms with E-state index in [0.717, 1.165) is 12.1 Å². The summed E-state index contributed by atoms with van der Waals surface area (Å²) in [5.74, 6) is 0.344. The topological polar surface area (TPSA) is 62.2 Å². The van der Waals surface area contributed by atoms with Crippen molar-refractivity contribution in [2.75, 3.05) is 6.54 Å². The lowest BCUT2D eigenvalue weighted by atomic mass is 10.0. The Labute approximate surface area is 115 Å². The van der Waals surface area contributed by atoms with Crippen LogP contribution in [0.15, 0.2) is 18.3 Å². The Morgan fingerprint density at radius 2 is 2.05 bits per heavy atom. The Balaban J connectivity index is 2.54. The highest BCUT2D eigenvalue weighted by atomic mass is 16.3. The van der Waals surface area contributed by atoms with Gasteiger partial charge in [0.2, 0.25) is 0 Å². The molecule has 0 aliphatic heterocycles. The van der Waals surface area contributed by atoms with Gasteiger partial charge in [-0.2, -0.15) is 0 Å². The van der Waals surface area contributed by atoms with E-state index < -0.39 is 6.10 Å². The Hall–Kier alpha value is -1.42. The second kappa shape index (κ2) is 7.24. The van der Waals surface area contributed by atoms with Gasteiger partial charge in [0.25, 0.3) is 5.91 Å². The fraction of sp³-hybridized carbons (Fsp3) is 0.600. The van der Waals surface area contributed by atoms with E-state index in [1.54, 1.807) is 12.3 Å². The zero-order valence-corrected chi connectivity index (χ0v) is 12.2. The number of pyridine rings is 1. The zero-order valence-electron chi connectivity index (χ0n) is 12.2. The SMILES string of the molecule is CCC(C)C(O)CNC(=O)c1ccc(C(C)C)nc1. The van der Waals surface area contributed by atoms with Crippen molar-refractivity contribution in [2.45, 2.75) is 46.1 Å². The van der Waals surface area contributed by atoms with Crippen LogP contribution in [0.4, 0.5) is 0 Å². The third-order valence-electron chi connectivity index (χ3n) is 3.41. The van der Waals surface area contributed by atoms with E-state index in [0.29, 0.717) is 11.5 Å². The Bertz CT molecular complexity index is 401. The summed E-state index contributed by atoms with van der Waals surface area (Å²) in [6, 6.07) is 3.64. The summed E-state index contributed by atoms with van der Waals surface area (Å²) in [5.41, 5.74) is 1.50. The van der Waals surface area contributed by atoms with Crippen LogP contribution in [0, 0.1) is 5.92 Å². The van der Waals surface area contributed by atoms with Crippen LogP contribution in [0.1, 0.15) is 56.1 Å². The summed E-state index contributed by atoms with van der Waals surface area (Å²) in [6.45, 7) is 8.38. The van der Waals surface area contributed by atoms with Crippen LogP contribution in [0.3, 0.4) is 0 Å². The number of aliphatic hydroxyl groups excluding tert-OH is 1. The first-order valence-electron chi connectivity index (χ1n) is 6.87. The van der Waals surface area contributed by atoms with Gasteiger partial charge in [-0.15, -0.1) is 0 Å². The maximum absolute atomic E-state index is 11.9. The molecule has 0 fully saturated rings. The Morgan fingerprint density at radius 1 is 1.37 bits per heavy atom. The van der Waals surface area contributed by atoms with E-state index in [1.807, 2.05) is 19.9 Å². The second-order valence-electron chi connectivity index (χ2n) is 5.29.